The molecule has 0 aliphatic carbocycles. The quantitative estimate of drug-likeness (QED) is 0.832. The van der Waals surface area contributed by atoms with Crippen molar-refractivity contribution in [1.82, 2.24) is 9.80 Å². The molecule has 2 aromatic rings. The van der Waals surface area contributed by atoms with E-state index in [1.807, 2.05) is 32.0 Å². The molecule has 1 fully saturated rings. The molecule has 2 amide bonds. The Morgan fingerprint density at radius 1 is 0.963 bits per heavy atom. The van der Waals surface area contributed by atoms with Crippen molar-refractivity contribution in [1.29, 1.82) is 0 Å². The molecule has 5 nitrogen and oxygen atoms in total. The summed E-state index contributed by atoms with van der Waals surface area (Å²) in [5, 5.41) is 0. The maximum atomic E-state index is 12.9. The molecule has 0 N–H and O–H groups in total. The number of amides is 2. The normalized spacial score (nSPS) is 14.2. The average Bonchev–Trinajstić information content (AvgIpc) is 2.69. The van der Waals surface area contributed by atoms with Crippen molar-refractivity contribution in [2.24, 2.45) is 0 Å². The van der Waals surface area contributed by atoms with Crippen LogP contribution in [0, 0.1) is 19.7 Å². The third kappa shape index (κ3) is 4.64. The zero-order valence-corrected chi connectivity index (χ0v) is 15.6. The minimum Gasteiger partial charge on any atom is -0.484 e. The number of piperazine rings is 1. The van der Waals surface area contributed by atoms with Crippen LogP contribution in [0.3, 0.4) is 0 Å². The number of hydrogen-bond donors (Lipinski definition) is 0. The number of benzene rings is 2. The highest BCUT2D eigenvalue weighted by Gasteiger charge is 2.25. The van der Waals surface area contributed by atoms with Gasteiger partial charge in [0.05, 0.1) is 0 Å². The molecule has 1 heterocycles. The van der Waals surface area contributed by atoms with Gasteiger partial charge in [-0.2, -0.15) is 0 Å². The van der Waals surface area contributed by atoms with Gasteiger partial charge < -0.3 is 14.5 Å². The van der Waals surface area contributed by atoms with Crippen molar-refractivity contribution >= 4 is 11.8 Å². The summed E-state index contributed by atoms with van der Waals surface area (Å²) in [5.74, 6) is -0.0316. The topological polar surface area (TPSA) is 49.9 Å². The molecule has 27 heavy (non-hydrogen) atoms. The van der Waals surface area contributed by atoms with Gasteiger partial charge in [0, 0.05) is 31.7 Å². The molecule has 1 aliphatic rings. The number of halogens is 1. The van der Waals surface area contributed by atoms with Gasteiger partial charge in [-0.1, -0.05) is 17.7 Å². The molecule has 0 saturated carbocycles. The molecule has 0 spiro atoms. The number of nitrogens with zero attached hydrogens (tertiary/aromatic N) is 2. The third-order valence-electron chi connectivity index (χ3n) is 4.72. The summed E-state index contributed by atoms with van der Waals surface area (Å²) in [7, 11) is 0. The van der Waals surface area contributed by atoms with E-state index in [1.54, 1.807) is 9.80 Å². The summed E-state index contributed by atoms with van der Waals surface area (Å²) in [4.78, 5) is 28.5. The highest BCUT2D eigenvalue weighted by atomic mass is 19.1. The van der Waals surface area contributed by atoms with Crippen LogP contribution in [0.4, 0.5) is 4.39 Å². The predicted octanol–water partition coefficient (Wildman–Crippen LogP) is 2.81. The molecule has 142 valence electrons. The second-order valence-electron chi connectivity index (χ2n) is 6.73. The zero-order valence-electron chi connectivity index (χ0n) is 15.6. The summed E-state index contributed by atoms with van der Waals surface area (Å²) in [6, 6.07) is 11.4. The van der Waals surface area contributed by atoms with Crippen LogP contribution < -0.4 is 4.74 Å². The van der Waals surface area contributed by atoms with Crippen molar-refractivity contribution in [3.8, 4) is 5.75 Å². The van der Waals surface area contributed by atoms with Crippen molar-refractivity contribution in [2.75, 3.05) is 32.8 Å². The van der Waals surface area contributed by atoms with E-state index in [0.29, 0.717) is 31.9 Å². The summed E-state index contributed by atoms with van der Waals surface area (Å²) in [5.41, 5.74) is 2.72. The zero-order chi connectivity index (χ0) is 19.4. The first kappa shape index (κ1) is 18.9. The molecule has 0 bridgehead atoms. The summed E-state index contributed by atoms with van der Waals surface area (Å²) in [6.07, 6.45) is 0. The van der Waals surface area contributed by atoms with Gasteiger partial charge in [0.2, 0.25) is 0 Å². The van der Waals surface area contributed by atoms with E-state index in [4.69, 9.17) is 4.74 Å². The van der Waals surface area contributed by atoms with Crippen LogP contribution in [0.25, 0.3) is 0 Å². The van der Waals surface area contributed by atoms with Crippen LogP contribution in [0.15, 0.2) is 42.5 Å². The predicted molar refractivity (Wildman–Crippen MR) is 100 cm³/mol. The molecule has 1 aliphatic heterocycles. The molecule has 6 heteroatoms. The van der Waals surface area contributed by atoms with E-state index >= 15 is 0 Å². The molecule has 0 unspecified atom stereocenters. The molecule has 0 atom stereocenters. The van der Waals surface area contributed by atoms with Crippen molar-refractivity contribution in [3.05, 3.63) is 65.0 Å². The van der Waals surface area contributed by atoms with E-state index < -0.39 is 0 Å². The van der Waals surface area contributed by atoms with E-state index in [0.717, 1.165) is 16.7 Å². The fraction of sp³-hybridized carbons (Fsp3) is 0.333. The summed E-state index contributed by atoms with van der Waals surface area (Å²) < 4.78 is 18.3. The van der Waals surface area contributed by atoms with E-state index in [2.05, 4.69) is 0 Å². The van der Waals surface area contributed by atoms with E-state index in [-0.39, 0.29) is 24.2 Å². The number of aryl methyl sites for hydroxylation is 2. The second-order valence-corrected chi connectivity index (χ2v) is 6.73. The average molecular weight is 370 g/mol. The summed E-state index contributed by atoms with van der Waals surface area (Å²) in [6.45, 7) is 5.73. The van der Waals surface area contributed by atoms with E-state index in [1.165, 1.54) is 24.3 Å². The molecular weight excluding hydrogens is 347 g/mol. The number of hydrogen-bond acceptors (Lipinski definition) is 3. The lowest BCUT2D eigenvalue weighted by Gasteiger charge is -2.35. The third-order valence-corrected chi connectivity index (χ3v) is 4.72. The van der Waals surface area contributed by atoms with Crippen LogP contribution in [0.1, 0.15) is 21.5 Å². The molecule has 1 saturated heterocycles. The fourth-order valence-electron chi connectivity index (χ4n) is 3.06. The Hall–Kier alpha value is -2.89. The van der Waals surface area contributed by atoms with Gasteiger partial charge in [0.15, 0.2) is 6.61 Å². The number of carbonyl (C=O) groups is 2. The lowest BCUT2D eigenvalue weighted by atomic mass is 10.0. The van der Waals surface area contributed by atoms with Gasteiger partial charge in [-0.15, -0.1) is 0 Å². The lowest BCUT2D eigenvalue weighted by Crippen LogP contribution is -2.51. The number of rotatable bonds is 4. The monoisotopic (exact) mass is 370 g/mol. The molecule has 2 aromatic carbocycles. The Kier molecular flexibility index (Phi) is 5.74. The van der Waals surface area contributed by atoms with Crippen molar-refractivity contribution < 1.29 is 18.7 Å². The largest absolute Gasteiger partial charge is 0.484 e. The minimum atomic E-state index is -0.349. The minimum absolute atomic E-state index is 0.00543. The number of carbonyl (C=O) groups excluding carboxylic acids is 2. The molecule has 0 radical (unpaired) electrons. The van der Waals surface area contributed by atoms with Crippen LogP contribution in [0.5, 0.6) is 5.75 Å². The lowest BCUT2D eigenvalue weighted by molar-refractivity contribution is -0.134. The van der Waals surface area contributed by atoms with E-state index in [9.17, 15) is 14.0 Å². The number of ether oxygens (including phenoxy) is 1. The molecule has 3 rings (SSSR count). The van der Waals surface area contributed by atoms with Crippen LogP contribution in [0.2, 0.25) is 0 Å². The van der Waals surface area contributed by atoms with Crippen LogP contribution in [-0.2, 0) is 4.79 Å². The van der Waals surface area contributed by atoms with Gasteiger partial charge in [0.25, 0.3) is 11.8 Å². The van der Waals surface area contributed by atoms with Crippen molar-refractivity contribution in [3.63, 3.8) is 0 Å². The first-order chi connectivity index (χ1) is 12.9. The SMILES string of the molecule is Cc1ccc(C)c(C(=O)N2CCN(C(=O)COc3ccc(F)cc3)CC2)c1. The second kappa shape index (κ2) is 8.20. The Labute approximate surface area is 158 Å². The standard InChI is InChI=1S/C21H23FN2O3/c1-15-3-4-16(2)19(13-15)21(26)24-11-9-23(10-12-24)20(25)14-27-18-7-5-17(22)6-8-18/h3-8,13H,9-12,14H2,1-2H3. The molecule has 0 aromatic heterocycles. The highest BCUT2D eigenvalue weighted by molar-refractivity contribution is 5.96. The highest BCUT2D eigenvalue weighted by Crippen LogP contribution is 2.16. The van der Waals surface area contributed by atoms with Gasteiger partial charge in [-0.25, -0.2) is 4.39 Å². The smallest absolute Gasteiger partial charge is 0.260 e. The van der Waals surface area contributed by atoms with Gasteiger partial charge in [-0.3, -0.25) is 9.59 Å². The Morgan fingerprint density at radius 2 is 1.59 bits per heavy atom. The maximum Gasteiger partial charge on any atom is 0.260 e. The van der Waals surface area contributed by atoms with Crippen LogP contribution >= 0.6 is 0 Å². The Bertz CT molecular complexity index is 828. The Balaban J connectivity index is 1.52. The first-order valence-corrected chi connectivity index (χ1v) is 8.97. The molecular formula is C21H23FN2O3. The fourth-order valence-corrected chi connectivity index (χ4v) is 3.06. The van der Waals surface area contributed by atoms with Gasteiger partial charge >= 0.3 is 0 Å². The van der Waals surface area contributed by atoms with Gasteiger partial charge in [0.1, 0.15) is 11.6 Å². The van der Waals surface area contributed by atoms with Crippen LogP contribution in [-0.4, -0.2) is 54.4 Å². The Morgan fingerprint density at radius 3 is 2.26 bits per heavy atom. The van der Waals surface area contributed by atoms with Gasteiger partial charge in [-0.05, 0) is 49.7 Å². The summed E-state index contributed by atoms with van der Waals surface area (Å²) >= 11 is 0. The van der Waals surface area contributed by atoms with Crippen molar-refractivity contribution in [2.45, 2.75) is 13.8 Å². The maximum absolute atomic E-state index is 12.9. The first-order valence-electron chi connectivity index (χ1n) is 8.97.